The number of aromatic nitrogens is 1. The molecule has 0 unspecified atom stereocenters. The standard InChI is InChI=1S/C25H23N3O6/c1-4-27-17-10-6-5-9-16(17)25(24(27)31)19-18(34-21(26)20(25)23(30)32-3)12-14(2)28(22(19)29)13-15-8-7-11-33-15/h5-12H,4,13,26H2,1-3H3/t25-/m0/s1. The summed E-state index contributed by atoms with van der Waals surface area (Å²) in [6.07, 6.45) is 1.52. The van der Waals surface area contributed by atoms with Crippen LogP contribution in [0.15, 0.2) is 69.4 Å². The molecule has 9 nitrogen and oxygen atoms in total. The van der Waals surface area contributed by atoms with Crippen LogP contribution < -0.4 is 20.9 Å². The van der Waals surface area contributed by atoms with Crippen LogP contribution in [0.5, 0.6) is 5.75 Å². The Hall–Kier alpha value is -4.27. The van der Waals surface area contributed by atoms with E-state index in [9.17, 15) is 14.4 Å². The van der Waals surface area contributed by atoms with E-state index in [0.29, 0.717) is 29.2 Å². The van der Waals surface area contributed by atoms with Gasteiger partial charge in [0.15, 0.2) is 0 Å². The number of pyridine rings is 1. The van der Waals surface area contributed by atoms with E-state index in [1.807, 2.05) is 6.92 Å². The van der Waals surface area contributed by atoms with Crippen LogP contribution in [0.3, 0.4) is 0 Å². The molecule has 0 fully saturated rings. The summed E-state index contributed by atoms with van der Waals surface area (Å²) in [6, 6.07) is 12.2. The van der Waals surface area contributed by atoms with E-state index in [1.54, 1.807) is 49.4 Å². The first kappa shape index (κ1) is 21.6. The lowest BCUT2D eigenvalue weighted by molar-refractivity contribution is -0.138. The lowest BCUT2D eigenvalue weighted by Crippen LogP contribution is -2.52. The lowest BCUT2D eigenvalue weighted by atomic mass is 9.68. The topological polar surface area (TPSA) is 117 Å². The highest BCUT2D eigenvalue weighted by molar-refractivity contribution is 6.18. The molecule has 3 aromatic rings. The molecule has 4 heterocycles. The molecule has 174 valence electrons. The van der Waals surface area contributed by atoms with Crippen molar-refractivity contribution < 1.29 is 23.5 Å². The number of hydrogen-bond acceptors (Lipinski definition) is 7. The number of hydrogen-bond donors (Lipinski definition) is 1. The summed E-state index contributed by atoms with van der Waals surface area (Å²) in [7, 11) is 1.19. The smallest absolute Gasteiger partial charge is 0.340 e. The highest BCUT2D eigenvalue weighted by Gasteiger charge is 2.62. The molecule has 9 heteroatoms. The van der Waals surface area contributed by atoms with E-state index >= 15 is 0 Å². The second-order valence-electron chi connectivity index (χ2n) is 8.15. The van der Waals surface area contributed by atoms with Gasteiger partial charge in [-0.25, -0.2) is 4.79 Å². The third kappa shape index (κ3) is 2.70. The number of esters is 1. The van der Waals surface area contributed by atoms with Crippen molar-refractivity contribution in [2.75, 3.05) is 18.6 Å². The molecule has 1 atom stereocenters. The number of amides is 1. The van der Waals surface area contributed by atoms with Gasteiger partial charge in [-0.15, -0.1) is 0 Å². The molecule has 0 saturated heterocycles. The lowest BCUT2D eigenvalue weighted by Gasteiger charge is -2.35. The van der Waals surface area contributed by atoms with Crippen LogP contribution >= 0.6 is 0 Å². The molecule has 1 spiro atoms. The Morgan fingerprint density at radius 2 is 1.94 bits per heavy atom. The van der Waals surface area contributed by atoms with Crippen molar-refractivity contribution in [1.29, 1.82) is 0 Å². The largest absolute Gasteiger partial charge is 0.467 e. The van der Waals surface area contributed by atoms with Gasteiger partial charge in [0.2, 0.25) is 11.8 Å². The van der Waals surface area contributed by atoms with Crippen LogP contribution in [0, 0.1) is 6.92 Å². The molecule has 2 N–H and O–H groups in total. The monoisotopic (exact) mass is 461 g/mol. The quantitative estimate of drug-likeness (QED) is 0.592. The van der Waals surface area contributed by atoms with Crippen LogP contribution in [-0.2, 0) is 26.3 Å². The normalized spacial score (nSPS) is 18.7. The highest BCUT2D eigenvalue weighted by Crippen LogP contribution is 2.54. The molecular weight excluding hydrogens is 438 g/mol. The summed E-state index contributed by atoms with van der Waals surface area (Å²) in [5.74, 6) is -0.892. The number of anilines is 1. The number of methoxy groups -OCH3 is 1. The van der Waals surface area contributed by atoms with Crippen LogP contribution in [-0.4, -0.2) is 30.1 Å². The number of nitrogens with two attached hydrogens (primary N) is 1. The van der Waals surface area contributed by atoms with Gasteiger partial charge in [-0.05, 0) is 32.0 Å². The summed E-state index contributed by atoms with van der Waals surface area (Å²) in [4.78, 5) is 42.9. The van der Waals surface area contributed by atoms with Crippen molar-refractivity contribution in [2.45, 2.75) is 25.8 Å². The van der Waals surface area contributed by atoms with Gasteiger partial charge in [0, 0.05) is 29.6 Å². The summed E-state index contributed by atoms with van der Waals surface area (Å²) in [5, 5.41) is 0. The molecule has 2 aromatic heterocycles. The summed E-state index contributed by atoms with van der Waals surface area (Å²) < 4.78 is 17.7. The van der Waals surface area contributed by atoms with E-state index in [0.717, 1.165) is 0 Å². The fraction of sp³-hybridized carbons (Fsp3) is 0.240. The second kappa shape index (κ2) is 7.65. The van der Waals surface area contributed by atoms with Gasteiger partial charge in [0.1, 0.15) is 22.5 Å². The zero-order valence-electron chi connectivity index (χ0n) is 19.0. The molecule has 34 heavy (non-hydrogen) atoms. The van der Waals surface area contributed by atoms with Crippen LogP contribution in [0.1, 0.15) is 29.5 Å². The summed E-state index contributed by atoms with van der Waals surface area (Å²) >= 11 is 0. The second-order valence-corrected chi connectivity index (χ2v) is 8.15. The predicted molar refractivity (Wildman–Crippen MR) is 122 cm³/mol. The number of aryl methyl sites for hydroxylation is 1. The minimum Gasteiger partial charge on any atom is -0.467 e. The third-order valence-electron chi connectivity index (χ3n) is 6.45. The first-order valence-electron chi connectivity index (χ1n) is 10.8. The average Bonchev–Trinajstić information content (AvgIpc) is 3.41. The van der Waals surface area contributed by atoms with Gasteiger partial charge in [0.25, 0.3) is 5.56 Å². The van der Waals surface area contributed by atoms with E-state index in [4.69, 9.17) is 19.6 Å². The van der Waals surface area contributed by atoms with Gasteiger partial charge in [-0.1, -0.05) is 18.2 Å². The van der Waals surface area contributed by atoms with E-state index in [1.165, 1.54) is 22.8 Å². The number of furan rings is 1. The van der Waals surface area contributed by atoms with Crippen LogP contribution in [0.4, 0.5) is 5.69 Å². The Labute approximate surface area is 195 Å². The summed E-state index contributed by atoms with van der Waals surface area (Å²) in [6.45, 7) is 4.04. The first-order chi connectivity index (χ1) is 16.4. The van der Waals surface area contributed by atoms with Crippen molar-refractivity contribution in [3.8, 4) is 5.75 Å². The number of ether oxygens (including phenoxy) is 2. The van der Waals surface area contributed by atoms with Gasteiger partial charge < -0.3 is 29.1 Å². The number of nitrogens with zero attached hydrogens (tertiary/aromatic N) is 2. The van der Waals surface area contributed by atoms with Crippen LogP contribution in [0.25, 0.3) is 0 Å². The number of benzene rings is 1. The zero-order valence-corrected chi connectivity index (χ0v) is 19.0. The predicted octanol–water partition coefficient (Wildman–Crippen LogP) is 2.19. The number of carbonyl (C=O) groups is 2. The van der Waals surface area contributed by atoms with E-state index in [2.05, 4.69) is 0 Å². The van der Waals surface area contributed by atoms with E-state index in [-0.39, 0.29) is 29.3 Å². The first-order valence-corrected chi connectivity index (χ1v) is 10.8. The number of rotatable bonds is 4. The maximum Gasteiger partial charge on any atom is 0.340 e. The minimum atomic E-state index is -1.81. The fourth-order valence-corrected chi connectivity index (χ4v) is 5.01. The Morgan fingerprint density at radius 3 is 2.62 bits per heavy atom. The van der Waals surface area contributed by atoms with Crippen molar-refractivity contribution in [1.82, 2.24) is 4.57 Å². The van der Waals surface area contributed by atoms with Crippen molar-refractivity contribution in [3.63, 3.8) is 0 Å². The minimum absolute atomic E-state index is 0.0210. The molecule has 0 radical (unpaired) electrons. The van der Waals surface area contributed by atoms with Gasteiger partial charge in [-0.3, -0.25) is 9.59 Å². The van der Waals surface area contributed by atoms with Crippen molar-refractivity contribution in [3.05, 3.63) is 93.1 Å². The van der Waals surface area contributed by atoms with Crippen molar-refractivity contribution >= 4 is 17.6 Å². The number of fused-ring (bicyclic) bond motifs is 4. The van der Waals surface area contributed by atoms with Crippen molar-refractivity contribution in [2.24, 2.45) is 5.73 Å². The van der Waals surface area contributed by atoms with E-state index < -0.39 is 22.9 Å². The molecule has 0 bridgehead atoms. The molecule has 1 aromatic carbocycles. The maximum absolute atomic E-state index is 14.2. The number of likely N-dealkylation sites (N-methyl/N-ethyl adjacent to an activating group) is 1. The van der Waals surface area contributed by atoms with Crippen LogP contribution in [0.2, 0.25) is 0 Å². The molecular formula is C25H23N3O6. The number of carbonyl (C=O) groups excluding carboxylic acids is 2. The Bertz CT molecular complexity index is 1420. The fourth-order valence-electron chi connectivity index (χ4n) is 5.01. The maximum atomic E-state index is 14.2. The summed E-state index contributed by atoms with van der Waals surface area (Å²) in [5.41, 5.74) is 5.40. The SMILES string of the molecule is CCN1C(=O)[C@@]2(C(C(=O)OC)=C(N)Oc3cc(C)n(Cc4ccco4)c(=O)c32)c2ccccc21. The molecule has 0 saturated carbocycles. The van der Waals surface area contributed by atoms with Gasteiger partial charge >= 0.3 is 5.97 Å². The zero-order chi connectivity index (χ0) is 24.2. The molecule has 0 aliphatic carbocycles. The third-order valence-corrected chi connectivity index (χ3v) is 6.45. The molecule has 2 aliphatic heterocycles. The number of para-hydroxylation sites is 1. The molecule has 5 rings (SSSR count). The molecule has 1 amide bonds. The average molecular weight is 461 g/mol. The van der Waals surface area contributed by atoms with Gasteiger partial charge in [0.05, 0.1) is 25.5 Å². The Balaban J connectivity index is 1.90. The highest BCUT2D eigenvalue weighted by atomic mass is 16.5. The van der Waals surface area contributed by atoms with Gasteiger partial charge in [-0.2, -0.15) is 0 Å². The Morgan fingerprint density at radius 1 is 1.18 bits per heavy atom. The Kier molecular flexibility index (Phi) is 4.85. The molecule has 2 aliphatic rings.